The van der Waals surface area contributed by atoms with Gasteiger partial charge in [-0.15, -0.1) is 0 Å². The van der Waals surface area contributed by atoms with Crippen LogP contribution in [0.4, 0.5) is 8.78 Å². The number of rotatable bonds is 3. The van der Waals surface area contributed by atoms with E-state index in [-0.39, 0.29) is 21.9 Å². The first kappa shape index (κ1) is 12.7. The Morgan fingerprint density at radius 1 is 1.22 bits per heavy atom. The fourth-order valence-corrected chi connectivity index (χ4v) is 2.56. The zero-order valence-corrected chi connectivity index (χ0v) is 10.3. The zero-order valence-electron chi connectivity index (χ0n) is 9.44. The summed E-state index contributed by atoms with van der Waals surface area (Å²) in [4.78, 5) is 0. The first-order chi connectivity index (χ1) is 8.44. The Bertz CT molecular complexity index is 660. The van der Waals surface area contributed by atoms with Crippen LogP contribution in [0.15, 0.2) is 29.4 Å². The maximum absolute atomic E-state index is 13.1. The van der Waals surface area contributed by atoms with E-state index in [1.165, 1.54) is 13.1 Å². The second-order valence-corrected chi connectivity index (χ2v) is 5.89. The highest BCUT2D eigenvalue weighted by Gasteiger charge is 2.20. The van der Waals surface area contributed by atoms with Crippen molar-refractivity contribution in [3.8, 4) is 11.1 Å². The lowest BCUT2D eigenvalue weighted by Crippen LogP contribution is -2.05. The van der Waals surface area contributed by atoms with Gasteiger partial charge in [-0.3, -0.25) is 5.10 Å². The van der Waals surface area contributed by atoms with E-state index in [4.69, 9.17) is 0 Å². The molecule has 0 saturated carbocycles. The first-order valence-corrected chi connectivity index (χ1v) is 6.82. The third-order valence-corrected chi connectivity index (χ3v) is 4.16. The highest BCUT2D eigenvalue weighted by molar-refractivity contribution is 7.91. The van der Waals surface area contributed by atoms with Crippen LogP contribution in [0.1, 0.15) is 6.92 Å². The van der Waals surface area contributed by atoms with E-state index in [1.54, 1.807) is 0 Å². The summed E-state index contributed by atoms with van der Waals surface area (Å²) in [5.41, 5.74) is 0.295. The lowest BCUT2D eigenvalue weighted by Gasteiger charge is -2.03. The summed E-state index contributed by atoms with van der Waals surface area (Å²) in [7, 11) is -3.52. The highest BCUT2D eigenvalue weighted by Crippen LogP contribution is 2.27. The standard InChI is InChI=1S/C11H10F2N2O2S/c1-2-18(16,17)11-10(6-14-15-11)7-3-8(12)5-9(13)4-7/h3-6H,2H2,1H3,(H,14,15). The summed E-state index contributed by atoms with van der Waals surface area (Å²) in [6.07, 6.45) is 1.23. The lowest BCUT2D eigenvalue weighted by atomic mass is 10.1. The van der Waals surface area contributed by atoms with E-state index >= 15 is 0 Å². The number of H-pyrrole nitrogens is 1. The fourth-order valence-electron chi connectivity index (χ4n) is 1.57. The van der Waals surface area contributed by atoms with Gasteiger partial charge in [0.2, 0.25) is 0 Å². The molecule has 2 rings (SSSR count). The number of hydrogen-bond donors (Lipinski definition) is 1. The van der Waals surface area contributed by atoms with Crippen LogP contribution in [-0.2, 0) is 9.84 Å². The van der Waals surface area contributed by atoms with Crippen molar-refractivity contribution in [3.05, 3.63) is 36.0 Å². The molecule has 96 valence electrons. The average Bonchev–Trinajstić information content (AvgIpc) is 2.77. The molecule has 7 heteroatoms. The van der Waals surface area contributed by atoms with Crippen LogP contribution in [0.5, 0.6) is 0 Å². The zero-order chi connectivity index (χ0) is 13.3. The molecular weight excluding hydrogens is 262 g/mol. The third-order valence-electron chi connectivity index (χ3n) is 2.47. The number of benzene rings is 1. The molecule has 0 saturated heterocycles. The molecule has 0 atom stereocenters. The summed E-state index contributed by atoms with van der Waals surface area (Å²) < 4.78 is 49.8. The van der Waals surface area contributed by atoms with E-state index in [0.717, 1.165) is 18.2 Å². The quantitative estimate of drug-likeness (QED) is 0.931. The van der Waals surface area contributed by atoms with Gasteiger partial charge in [-0.25, -0.2) is 17.2 Å². The van der Waals surface area contributed by atoms with Crippen molar-refractivity contribution in [2.24, 2.45) is 0 Å². The van der Waals surface area contributed by atoms with Crippen LogP contribution < -0.4 is 0 Å². The van der Waals surface area contributed by atoms with Gasteiger partial charge in [0.1, 0.15) is 11.6 Å². The Balaban J connectivity index is 2.63. The Morgan fingerprint density at radius 3 is 2.39 bits per heavy atom. The van der Waals surface area contributed by atoms with Crippen molar-refractivity contribution in [1.82, 2.24) is 10.2 Å². The lowest BCUT2D eigenvalue weighted by molar-refractivity contribution is 0.583. The Hall–Kier alpha value is -1.76. The minimum atomic E-state index is -3.52. The van der Waals surface area contributed by atoms with Crippen molar-refractivity contribution in [2.45, 2.75) is 11.9 Å². The summed E-state index contributed by atoms with van der Waals surface area (Å²) in [6, 6.07) is 2.84. The van der Waals surface area contributed by atoms with Gasteiger partial charge in [0.05, 0.1) is 11.9 Å². The molecule has 0 bridgehead atoms. The molecule has 18 heavy (non-hydrogen) atoms. The predicted molar refractivity (Wildman–Crippen MR) is 61.7 cm³/mol. The molecule has 0 aliphatic heterocycles. The summed E-state index contributed by atoms with van der Waals surface area (Å²) in [5.74, 6) is -1.67. The van der Waals surface area contributed by atoms with Gasteiger partial charge in [0.25, 0.3) is 0 Å². The smallest absolute Gasteiger partial charge is 0.195 e. The summed E-state index contributed by atoms with van der Waals surface area (Å²) in [6.45, 7) is 1.48. The van der Waals surface area contributed by atoms with E-state index in [0.29, 0.717) is 0 Å². The molecule has 4 nitrogen and oxygen atoms in total. The minimum absolute atomic E-state index is 0.125. The molecular formula is C11H10F2N2O2S. The predicted octanol–water partition coefficient (Wildman–Crippen LogP) is 2.15. The Morgan fingerprint density at radius 2 is 1.83 bits per heavy atom. The average molecular weight is 272 g/mol. The summed E-state index contributed by atoms with van der Waals surface area (Å²) >= 11 is 0. The van der Waals surface area contributed by atoms with Crippen LogP contribution in [0.3, 0.4) is 0 Å². The molecule has 0 radical (unpaired) electrons. The molecule has 0 unspecified atom stereocenters. The topological polar surface area (TPSA) is 62.8 Å². The van der Waals surface area contributed by atoms with Crippen LogP contribution >= 0.6 is 0 Å². The van der Waals surface area contributed by atoms with Crippen molar-refractivity contribution in [3.63, 3.8) is 0 Å². The van der Waals surface area contributed by atoms with Crippen molar-refractivity contribution in [1.29, 1.82) is 0 Å². The molecule has 0 fully saturated rings. The number of nitrogens with one attached hydrogen (secondary N) is 1. The molecule has 1 aromatic carbocycles. The number of hydrogen-bond acceptors (Lipinski definition) is 3. The maximum atomic E-state index is 13.1. The van der Waals surface area contributed by atoms with Gasteiger partial charge in [-0.05, 0) is 17.7 Å². The number of aromatic nitrogens is 2. The van der Waals surface area contributed by atoms with Gasteiger partial charge in [0, 0.05) is 11.6 Å². The molecule has 1 heterocycles. The normalized spacial score (nSPS) is 11.7. The van der Waals surface area contributed by atoms with Crippen LogP contribution in [0, 0.1) is 11.6 Å². The van der Waals surface area contributed by atoms with Crippen molar-refractivity contribution in [2.75, 3.05) is 5.75 Å². The van der Waals surface area contributed by atoms with Crippen molar-refractivity contribution >= 4 is 9.84 Å². The van der Waals surface area contributed by atoms with Crippen LogP contribution in [0.2, 0.25) is 0 Å². The van der Waals surface area contributed by atoms with Crippen molar-refractivity contribution < 1.29 is 17.2 Å². The third kappa shape index (κ3) is 2.26. The minimum Gasteiger partial charge on any atom is -0.267 e. The number of aromatic amines is 1. The molecule has 2 aromatic rings. The maximum Gasteiger partial charge on any atom is 0.195 e. The van der Waals surface area contributed by atoms with Gasteiger partial charge in [-0.1, -0.05) is 6.92 Å². The first-order valence-electron chi connectivity index (χ1n) is 5.16. The molecule has 0 aliphatic rings. The largest absolute Gasteiger partial charge is 0.267 e. The highest BCUT2D eigenvalue weighted by atomic mass is 32.2. The Kier molecular flexibility index (Phi) is 3.16. The van der Waals surface area contributed by atoms with E-state index in [9.17, 15) is 17.2 Å². The molecule has 1 N–H and O–H groups in total. The van der Waals surface area contributed by atoms with Gasteiger partial charge < -0.3 is 0 Å². The Labute approximate surface area is 103 Å². The number of nitrogens with zero attached hydrogens (tertiary/aromatic N) is 1. The second kappa shape index (κ2) is 4.49. The van der Waals surface area contributed by atoms with Gasteiger partial charge in [-0.2, -0.15) is 5.10 Å². The molecule has 1 aromatic heterocycles. The van der Waals surface area contributed by atoms with Gasteiger partial charge in [0.15, 0.2) is 14.9 Å². The molecule has 0 aliphatic carbocycles. The second-order valence-electron chi connectivity index (χ2n) is 3.67. The molecule has 0 amide bonds. The van der Waals surface area contributed by atoms with E-state index in [1.807, 2.05) is 0 Å². The van der Waals surface area contributed by atoms with Crippen LogP contribution in [-0.4, -0.2) is 24.4 Å². The van der Waals surface area contributed by atoms with E-state index in [2.05, 4.69) is 10.2 Å². The van der Waals surface area contributed by atoms with Crippen LogP contribution in [0.25, 0.3) is 11.1 Å². The SMILES string of the molecule is CCS(=O)(=O)c1[nH]ncc1-c1cc(F)cc(F)c1. The fraction of sp³-hybridized carbons (Fsp3) is 0.182. The number of sulfone groups is 1. The summed E-state index contributed by atoms with van der Waals surface area (Å²) in [5, 5.41) is 5.84. The van der Waals surface area contributed by atoms with E-state index < -0.39 is 21.5 Å². The molecule has 0 spiro atoms. The number of halogens is 2. The van der Waals surface area contributed by atoms with Gasteiger partial charge >= 0.3 is 0 Å². The monoisotopic (exact) mass is 272 g/mol.